The third-order valence-electron chi connectivity index (χ3n) is 1.62. The van der Waals surface area contributed by atoms with Crippen molar-refractivity contribution in [2.75, 3.05) is 0 Å². The summed E-state index contributed by atoms with van der Waals surface area (Å²) in [6.45, 7) is 9.36. The van der Waals surface area contributed by atoms with Gasteiger partial charge in [0.05, 0.1) is 0 Å². The maximum Gasteiger partial charge on any atom is 0.526 e. The second-order valence-corrected chi connectivity index (χ2v) is 2.53. The number of hydrogen-bond donors (Lipinski definition) is 2. The Kier molecular flexibility index (Phi) is 6.50. The van der Waals surface area contributed by atoms with Gasteiger partial charge in [0.2, 0.25) is 0 Å². The molecule has 0 saturated carbocycles. The Morgan fingerprint density at radius 3 is 2.40 bits per heavy atom. The fourth-order valence-electron chi connectivity index (χ4n) is 1.05. The zero-order chi connectivity index (χ0) is 11.8. The molecule has 0 aliphatic heterocycles. The summed E-state index contributed by atoms with van der Waals surface area (Å²) in [4.78, 5) is 0. The highest BCUT2D eigenvalue weighted by atomic mass is 16.4. The molecule has 0 aromatic carbocycles. The van der Waals surface area contributed by atoms with Crippen LogP contribution in [0.3, 0.4) is 0 Å². The van der Waals surface area contributed by atoms with Crippen LogP contribution in [0.1, 0.15) is 20.8 Å². The summed E-state index contributed by atoms with van der Waals surface area (Å²) in [6, 6.07) is 1.57. The van der Waals surface area contributed by atoms with E-state index in [0.29, 0.717) is 5.42 Å². The minimum Gasteiger partial charge on any atom is -0.465 e. The van der Waals surface area contributed by atoms with Crippen LogP contribution in [0.4, 0.5) is 0 Å². The van der Waals surface area contributed by atoms with Crippen LogP contribution in [0.15, 0.2) is 23.1 Å². The van der Waals surface area contributed by atoms with E-state index < -0.39 is 7.12 Å². The van der Waals surface area contributed by atoms with Crippen LogP contribution in [0.25, 0.3) is 12.2 Å². The monoisotopic (exact) mass is 208 g/mol. The highest BCUT2D eigenvalue weighted by Crippen LogP contribution is 1.74. The van der Waals surface area contributed by atoms with Crippen LogP contribution in [-0.2, 0) is 0 Å². The molecule has 0 fully saturated rings. The molecule has 1 rings (SSSR count). The third kappa shape index (κ3) is 3.77. The first-order valence-electron chi connectivity index (χ1n) is 4.94. The van der Waals surface area contributed by atoms with Gasteiger partial charge in [0.15, 0.2) is 0 Å². The van der Waals surface area contributed by atoms with Gasteiger partial charge in [-0.3, -0.25) is 0 Å². The number of furan rings is 1. The SMILES string of the molecule is C=C/C=c1/cc(B(O)O)o/c1=C/C.CC. The lowest BCUT2D eigenvalue weighted by Gasteiger charge is -1.87. The van der Waals surface area contributed by atoms with Gasteiger partial charge in [-0.05, 0) is 19.1 Å². The molecule has 2 N–H and O–H groups in total. The topological polar surface area (TPSA) is 53.6 Å². The highest BCUT2D eigenvalue weighted by Gasteiger charge is 2.14. The first kappa shape index (κ1) is 13.7. The molecule has 1 heterocycles. The summed E-state index contributed by atoms with van der Waals surface area (Å²) >= 11 is 0. The normalized spacial score (nSPS) is 12.1. The summed E-state index contributed by atoms with van der Waals surface area (Å²) in [6.07, 6.45) is 5.11. The van der Waals surface area contributed by atoms with E-state index in [1.807, 2.05) is 20.8 Å². The van der Waals surface area contributed by atoms with E-state index in [2.05, 4.69) is 6.58 Å². The Labute approximate surface area is 90.2 Å². The standard InChI is InChI=1S/C9H11BO3.C2H6/c1-3-5-7-6-9(10(11)12)13-8(7)4-2;1-2/h3-6,11-12H,1H2,2H3;1-2H3/b7-5-,8-4+;. The number of hydrogen-bond acceptors (Lipinski definition) is 3. The van der Waals surface area contributed by atoms with Gasteiger partial charge in [-0.15, -0.1) is 0 Å². The van der Waals surface area contributed by atoms with Gasteiger partial charge < -0.3 is 14.5 Å². The van der Waals surface area contributed by atoms with Crippen LogP contribution < -0.4 is 16.3 Å². The van der Waals surface area contributed by atoms with E-state index in [0.717, 1.165) is 5.22 Å². The minimum atomic E-state index is -1.56. The molecule has 3 nitrogen and oxygen atoms in total. The average Bonchev–Trinajstić information content (AvgIpc) is 2.65. The summed E-state index contributed by atoms with van der Waals surface area (Å²) in [5.41, 5.74) is 0.754. The molecule has 0 saturated heterocycles. The van der Waals surface area contributed by atoms with Crippen molar-refractivity contribution >= 4 is 24.9 Å². The number of allylic oxidation sites excluding steroid dienone is 1. The molecule has 82 valence electrons. The van der Waals surface area contributed by atoms with Crippen molar-refractivity contribution in [3.63, 3.8) is 0 Å². The summed E-state index contributed by atoms with van der Waals surface area (Å²) in [5, 5.41) is 18.5. The Bertz CT molecular complexity index is 404. The molecule has 0 amide bonds. The predicted molar refractivity (Wildman–Crippen MR) is 63.9 cm³/mol. The van der Waals surface area contributed by atoms with E-state index in [1.54, 1.807) is 24.3 Å². The molecule has 0 unspecified atom stereocenters. The summed E-state index contributed by atoms with van der Waals surface area (Å²) < 4.78 is 5.14. The highest BCUT2D eigenvalue weighted by molar-refractivity contribution is 6.56. The minimum absolute atomic E-state index is 0.140. The lowest BCUT2D eigenvalue weighted by molar-refractivity contribution is 0.406. The van der Waals surface area contributed by atoms with Crippen molar-refractivity contribution in [3.05, 3.63) is 29.4 Å². The largest absolute Gasteiger partial charge is 0.526 e. The molecule has 0 spiro atoms. The molecule has 0 aliphatic rings. The van der Waals surface area contributed by atoms with Gasteiger partial charge in [0.25, 0.3) is 0 Å². The molecule has 1 aromatic heterocycles. The van der Waals surface area contributed by atoms with Crippen molar-refractivity contribution in [2.45, 2.75) is 20.8 Å². The zero-order valence-corrected chi connectivity index (χ0v) is 9.40. The van der Waals surface area contributed by atoms with E-state index >= 15 is 0 Å². The van der Waals surface area contributed by atoms with Gasteiger partial charge in [-0.1, -0.05) is 32.6 Å². The Morgan fingerprint density at radius 2 is 2.00 bits per heavy atom. The molecule has 0 bridgehead atoms. The van der Waals surface area contributed by atoms with Crippen LogP contribution in [-0.4, -0.2) is 17.2 Å². The van der Waals surface area contributed by atoms with Crippen molar-refractivity contribution in [1.82, 2.24) is 0 Å². The van der Waals surface area contributed by atoms with Gasteiger partial charge in [0.1, 0.15) is 11.1 Å². The lowest BCUT2D eigenvalue weighted by Crippen LogP contribution is -2.28. The second kappa shape index (κ2) is 7.09. The molecule has 1 aromatic rings. The van der Waals surface area contributed by atoms with Crippen LogP contribution in [0.5, 0.6) is 0 Å². The lowest BCUT2D eigenvalue weighted by atomic mass is 9.88. The molecule has 0 radical (unpaired) electrons. The second-order valence-electron chi connectivity index (χ2n) is 2.53. The van der Waals surface area contributed by atoms with Gasteiger partial charge >= 0.3 is 7.12 Å². The number of rotatable bonds is 2. The molecule has 0 aliphatic carbocycles. The molecular weight excluding hydrogens is 191 g/mol. The third-order valence-corrected chi connectivity index (χ3v) is 1.62. The average molecular weight is 208 g/mol. The molecule has 15 heavy (non-hydrogen) atoms. The Morgan fingerprint density at radius 1 is 1.40 bits per heavy atom. The van der Waals surface area contributed by atoms with E-state index in [1.165, 1.54) is 0 Å². The van der Waals surface area contributed by atoms with Gasteiger partial charge in [0, 0.05) is 5.22 Å². The van der Waals surface area contributed by atoms with Crippen LogP contribution >= 0.6 is 0 Å². The van der Waals surface area contributed by atoms with E-state index in [4.69, 9.17) is 14.5 Å². The van der Waals surface area contributed by atoms with Gasteiger partial charge in [-0.2, -0.15) is 0 Å². The van der Waals surface area contributed by atoms with E-state index in [-0.39, 0.29) is 5.66 Å². The predicted octanol–water partition coefficient (Wildman–Crippen LogP) is -0.248. The fourth-order valence-corrected chi connectivity index (χ4v) is 1.05. The molecule has 0 atom stereocenters. The van der Waals surface area contributed by atoms with Crippen molar-refractivity contribution in [2.24, 2.45) is 0 Å². The zero-order valence-electron chi connectivity index (χ0n) is 9.40. The maximum absolute atomic E-state index is 8.83. The Balaban J connectivity index is 0.000000921. The maximum atomic E-state index is 8.83. The Hall–Kier alpha value is -1.26. The molecule has 4 heteroatoms. The smallest absolute Gasteiger partial charge is 0.465 e. The van der Waals surface area contributed by atoms with Crippen LogP contribution in [0.2, 0.25) is 0 Å². The van der Waals surface area contributed by atoms with Crippen molar-refractivity contribution < 1.29 is 14.5 Å². The fraction of sp³-hybridized carbons (Fsp3) is 0.273. The quantitative estimate of drug-likeness (QED) is 0.659. The molecular formula is C11H17BO3. The first-order chi connectivity index (χ1) is 7.19. The van der Waals surface area contributed by atoms with Crippen LogP contribution in [0, 0.1) is 0 Å². The first-order valence-corrected chi connectivity index (χ1v) is 4.94. The van der Waals surface area contributed by atoms with E-state index in [9.17, 15) is 0 Å². The van der Waals surface area contributed by atoms with Crippen molar-refractivity contribution in [3.8, 4) is 0 Å². The van der Waals surface area contributed by atoms with Gasteiger partial charge in [-0.25, -0.2) is 0 Å². The summed E-state index contributed by atoms with van der Waals surface area (Å²) in [5.74, 6) is 0. The summed E-state index contributed by atoms with van der Waals surface area (Å²) in [7, 11) is -1.56. The van der Waals surface area contributed by atoms with Crippen molar-refractivity contribution in [1.29, 1.82) is 0 Å².